The van der Waals surface area contributed by atoms with Crippen LogP contribution in [0.25, 0.3) is 0 Å². The first-order chi connectivity index (χ1) is 10.1. The summed E-state index contributed by atoms with van der Waals surface area (Å²) in [5.41, 5.74) is 4.59. The van der Waals surface area contributed by atoms with Gasteiger partial charge in [-0.1, -0.05) is 24.6 Å². The second-order valence-electron chi connectivity index (χ2n) is 7.18. The van der Waals surface area contributed by atoms with Crippen LogP contribution < -0.4 is 4.74 Å². The second kappa shape index (κ2) is 4.61. The first-order valence-corrected chi connectivity index (χ1v) is 8.19. The van der Waals surface area contributed by atoms with E-state index in [4.69, 9.17) is 4.74 Å². The van der Waals surface area contributed by atoms with Gasteiger partial charge in [0.2, 0.25) is 0 Å². The fraction of sp³-hybridized carbons (Fsp3) is 0.579. The normalized spacial score (nSPS) is 37.3. The first kappa shape index (κ1) is 13.4. The minimum Gasteiger partial charge on any atom is -0.497 e. The van der Waals surface area contributed by atoms with Crippen LogP contribution in [0.15, 0.2) is 29.8 Å². The average molecular weight is 284 g/mol. The molecule has 1 aromatic carbocycles. The summed E-state index contributed by atoms with van der Waals surface area (Å²) in [6.45, 7) is 2.27. The number of methoxy groups -OCH3 is 1. The summed E-state index contributed by atoms with van der Waals surface area (Å²) in [7, 11) is 1.74. The average Bonchev–Trinajstić information content (AvgIpc) is 2.82. The number of benzene rings is 1. The summed E-state index contributed by atoms with van der Waals surface area (Å²) in [4.78, 5) is 0. The Balaban J connectivity index is 1.72. The second-order valence-corrected chi connectivity index (χ2v) is 7.18. The van der Waals surface area contributed by atoms with Crippen molar-refractivity contribution in [3.8, 4) is 5.75 Å². The maximum atomic E-state index is 10.4. The predicted octanol–water partition coefficient (Wildman–Crippen LogP) is 3.83. The van der Waals surface area contributed by atoms with E-state index in [2.05, 4.69) is 31.2 Å². The van der Waals surface area contributed by atoms with Crippen LogP contribution in [0.1, 0.15) is 49.7 Å². The van der Waals surface area contributed by atoms with Crippen molar-refractivity contribution in [3.05, 3.63) is 41.0 Å². The quantitative estimate of drug-likeness (QED) is 0.794. The SMILES string of the molecule is COc1ccc2c(c1)CC[C@H]1C3=CC[C@@H](O)[C@@]3(C)CC[C@H]21. The molecule has 0 heterocycles. The summed E-state index contributed by atoms with van der Waals surface area (Å²) >= 11 is 0. The van der Waals surface area contributed by atoms with Crippen molar-refractivity contribution in [1.29, 1.82) is 0 Å². The number of fused-ring (bicyclic) bond motifs is 5. The molecule has 2 heteroatoms. The van der Waals surface area contributed by atoms with Gasteiger partial charge >= 0.3 is 0 Å². The van der Waals surface area contributed by atoms with Crippen molar-refractivity contribution in [2.75, 3.05) is 7.11 Å². The monoisotopic (exact) mass is 284 g/mol. The van der Waals surface area contributed by atoms with Crippen LogP contribution >= 0.6 is 0 Å². The molecule has 0 saturated heterocycles. The zero-order chi connectivity index (χ0) is 14.6. The number of hydrogen-bond donors (Lipinski definition) is 1. The smallest absolute Gasteiger partial charge is 0.119 e. The van der Waals surface area contributed by atoms with Gasteiger partial charge in [-0.25, -0.2) is 0 Å². The lowest BCUT2D eigenvalue weighted by Crippen LogP contribution is -2.40. The van der Waals surface area contributed by atoms with E-state index in [1.54, 1.807) is 12.7 Å². The Hall–Kier alpha value is -1.28. The maximum Gasteiger partial charge on any atom is 0.119 e. The molecule has 3 aliphatic rings. The molecule has 2 nitrogen and oxygen atoms in total. The third kappa shape index (κ3) is 1.81. The zero-order valence-corrected chi connectivity index (χ0v) is 12.9. The molecule has 0 bridgehead atoms. The van der Waals surface area contributed by atoms with E-state index < -0.39 is 0 Å². The van der Waals surface area contributed by atoms with E-state index in [0.29, 0.717) is 11.8 Å². The molecule has 0 aromatic heterocycles. The van der Waals surface area contributed by atoms with Gasteiger partial charge in [-0.15, -0.1) is 0 Å². The van der Waals surface area contributed by atoms with E-state index >= 15 is 0 Å². The van der Waals surface area contributed by atoms with Crippen LogP contribution in [0.5, 0.6) is 5.75 Å². The molecule has 1 aromatic rings. The van der Waals surface area contributed by atoms with Crippen LogP contribution in [-0.2, 0) is 6.42 Å². The summed E-state index contributed by atoms with van der Waals surface area (Å²) < 4.78 is 5.37. The van der Waals surface area contributed by atoms with Gasteiger partial charge in [0.15, 0.2) is 0 Å². The van der Waals surface area contributed by atoms with E-state index in [0.717, 1.165) is 25.0 Å². The van der Waals surface area contributed by atoms with Crippen molar-refractivity contribution >= 4 is 0 Å². The molecule has 0 unspecified atom stereocenters. The van der Waals surface area contributed by atoms with E-state index in [9.17, 15) is 5.11 Å². The lowest BCUT2D eigenvalue weighted by atomic mass is 9.58. The van der Waals surface area contributed by atoms with Crippen molar-refractivity contribution in [2.45, 2.75) is 51.0 Å². The van der Waals surface area contributed by atoms with Crippen LogP contribution in [-0.4, -0.2) is 18.3 Å². The third-order valence-electron chi connectivity index (χ3n) is 6.29. The highest BCUT2D eigenvalue weighted by Gasteiger charge is 2.49. The number of ether oxygens (including phenoxy) is 1. The van der Waals surface area contributed by atoms with Crippen LogP contribution in [0.3, 0.4) is 0 Å². The molecule has 1 N–H and O–H groups in total. The largest absolute Gasteiger partial charge is 0.497 e. The first-order valence-electron chi connectivity index (χ1n) is 8.19. The van der Waals surface area contributed by atoms with Crippen molar-refractivity contribution in [1.82, 2.24) is 0 Å². The Bertz CT molecular complexity index is 604. The molecular formula is C19H24O2. The molecule has 0 amide bonds. The van der Waals surface area contributed by atoms with E-state index in [1.807, 2.05) is 0 Å². The fourth-order valence-corrected chi connectivity index (χ4v) is 5.01. The van der Waals surface area contributed by atoms with Gasteiger partial charge in [-0.3, -0.25) is 0 Å². The predicted molar refractivity (Wildman–Crippen MR) is 83.6 cm³/mol. The molecule has 0 radical (unpaired) electrons. The molecule has 4 atom stereocenters. The topological polar surface area (TPSA) is 29.5 Å². The van der Waals surface area contributed by atoms with Crippen molar-refractivity contribution in [2.24, 2.45) is 11.3 Å². The lowest BCUT2D eigenvalue weighted by Gasteiger charge is -2.47. The Morgan fingerprint density at radius 3 is 2.90 bits per heavy atom. The highest BCUT2D eigenvalue weighted by atomic mass is 16.5. The minimum absolute atomic E-state index is 0.0468. The van der Waals surface area contributed by atoms with Crippen molar-refractivity contribution < 1.29 is 9.84 Å². The summed E-state index contributed by atoms with van der Waals surface area (Å²) in [5, 5.41) is 10.4. The highest BCUT2D eigenvalue weighted by molar-refractivity contribution is 5.43. The molecule has 3 aliphatic carbocycles. The van der Waals surface area contributed by atoms with E-state index in [-0.39, 0.29) is 11.5 Å². The summed E-state index contributed by atoms with van der Waals surface area (Å²) in [5.74, 6) is 2.26. The van der Waals surface area contributed by atoms with E-state index in [1.165, 1.54) is 24.0 Å². The number of aliphatic hydroxyl groups is 1. The molecular weight excluding hydrogens is 260 g/mol. The highest BCUT2D eigenvalue weighted by Crippen LogP contribution is 2.58. The van der Waals surface area contributed by atoms with Gasteiger partial charge in [0.1, 0.15) is 5.75 Å². The molecule has 4 rings (SSSR count). The summed E-state index contributed by atoms with van der Waals surface area (Å²) in [6.07, 6.45) is 7.71. The molecule has 1 fully saturated rings. The molecule has 112 valence electrons. The van der Waals surface area contributed by atoms with Crippen molar-refractivity contribution in [3.63, 3.8) is 0 Å². The fourth-order valence-electron chi connectivity index (χ4n) is 5.01. The maximum absolute atomic E-state index is 10.4. The Kier molecular flexibility index (Phi) is 2.94. The van der Waals surface area contributed by atoms with Crippen LogP contribution in [0, 0.1) is 11.3 Å². The Morgan fingerprint density at radius 2 is 2.10 bits per heavy atom. The lowest BCUT2D eigenvalue weighted by molar-refractivity contribution is 0.0471. The van der Waals surface area contributed by atoms with Crippen LogP contribution in [0.2, 0.25) is 0 Å². The Morgan fingerprint density at radius 1 is 1.24 bits per heavy atom. The molecule has 0 aliphatic heterocycles. The minimum atomic E-state index is -0.161. The van der Waals surface area contributed by atoms with Gasteiger partial charge in [0.05, 0.1) is 13.2 Å². The molecule has 21 heavy (non-hydrogen) atoms. The third-order valence-corrected chi connectivity index (χ3v) is 6.29. The standard InChI is InChI=1S/C19H24O2/c1-19-10-9-15-14-6-4-13(21-2)11-12(14)3-5-16(15)17(19)7-8-18(19)20/h4,6-7,11,15-16,18,20H,3,5,8-10H2,1-2H3/t15-,16-,18-,19+/m1/s1. The van der Waals surface area contributed by atoms with Gasteiger partial charge in [0.25, 0.3) is 0 Å². The Labute approximate surface area is 126 Å². The summed E-state index contributed by atoms with van der Waals surface area (Å²) in [6, 6.07) is 6.60. The number of hydrogen-bond acceptors (Lipinski definition) is 2. The van der Waals surface area contributed by atoms with Crippen LogP contribution in [0.4, 0.5) is 0 Å². The van der Waals surface area contributed by atoms with Gasteiger partial charge < -0.3 is 9.84 Å². The van der Waals surface area contributed by atoms with Gasteiger partial charge in [0, 0.05) is 5.41 Å². The number of aliphatic hydroxyl groups excluding tert-OH is 1. The molecule has 0 spiro atoms. The number of rotatable bonds is 1. The zero-order valence-electron chi connectivity index (χ0n) is 12.9. The van der Waals surface area contributed by atoms with Gasteiger partial charge in [-0.2, -0.15) is 0 Å². The molecule has 1 saturated carbocycles. The number of aryl methyl sites for hydroxylation is 1. The van der Waals surface area contributed by atoms with Gasteiger partial charge in [-0.05, 0) is 67.2 Å².